The molecule has 8 heteroatoms. The van der Waals surface area contributed by atoms with E-state index in [1.807, 2.05) is 54.6 Å². The SMILES string of the molecule is CN1CCN(C(=O)Cc2ccccc2Cl)CCOc2ccc(-c3cncnc3)cc2Cc2cccc(c2)C1=O. The molecular weight excluding hydrogens is 512 g/mol. The maximum Gasteiger partial charge on any atom is 0.253 e. The average Bonchev–Trinajstić information content (AvgIpc) is 2.96. The van der Waals surface area contributed by atoms with Crippen LogP contribution in [-0.4, -0.2) is 64.9 Å². The van der Waals surface area contributed by atoms with E-state index in [9.17, 15) is 9.59 Å². The summed E-state index contributed by atoms with van der Waals surface area (Å²) < 4.78 is 6.27. The minimum Gasteiger partial charge on any atom is -0.491 e. The molecule has 2 bridgehead atoms. The molecule has 2 heterocycles. The van der Waals surface area contributed by atoms with Crippen molar-refractivity contribution in [1.29, 1.82) is 0 Å². The van der Waals surface area contributed by atoms with Gasteiger partial charge in [-0.05, 0) is 52.6 Å². The van der Waals surface area contributed by atoms with Crippen LogP contribution in [0.15, 0.2) is 85.5 Å². The van der Waals surface area contributed by atoms with E-state index >= 15 is 0 Å². The van der Waals surface area contributed by atoms with Gasteiger partial charge in [0.25, 0.3) is 5.91 Å². The third-order valence-electron chi connectivity index (χ3n) is 6.85. The van der Waals surface area contributed by atoms with Gasteiger partial charge in [-0.1, -0.05) is 48.0 Å². The largest absolute Gasteiger partial charge is 0.491 e. The lowest BCUT2D eigenvalue weighted by molar-refractivity contribution is -0.131. The minimum atomic E-state index is -0.0842. The Kier molecular flexibility index (Phi) is 8.18. The van der Waals surface area contributed by atoms with Gasteiger partial charge in [0.1, 0.15) is 18.7 Å². The van der Waals surface area contributed by atoms with Crippen LogP contribution >= 0.6 is 11.6 Å². The summed E-state index contributed by atoms with van der Waals surface area (Å²) in [5.41, 5.74) is 5.24. The van der Waals surface area contributed by atoms with Crippen LogP contribution in [0, 0.1) is 0 Å². The lowest BCUT2D eigenvalue weighted by Gasteiger charge is -2.27. The van der Waals surface area contributed by atoms with Crippen molar-refractivity contribution in [3.05, 3.63) is 113 Å². The van der Waals surface area contributed by atoms with Crippen LogP contribution in [0.5, 0.6) is 5.75 Å². The Bertz CT molecular complexity index is 1480. The summed E-state index contributed by atoms with van der Waals surface area (Å²) in [7, 11) is 1.76. The summed E-state index contributed by atoms with van der Waals surface area (Å²) in [5, 5.41) is 0.560. The number of amides is 2. The van der Waals surface area contributed by atoms with Gasteiger partial charge in [0, 0.05) is 55.1 Å². The summed E-state index contributed by atoms with van der Waals surface area (Å²) in [6.45, 7) is 1.47. The zero-order chi connectivity index (χ0) is 27.2. The second-order valence-electron chi connectivity index (χ2n) is 9.55. The molecule has 39 heavy (non-hydrogen) atoms. The highest BCUT2D eigenvalue weighted by Gasteiger charge is 2.20. The summed E-state index contributed by atoms with van der Waals surface area (Å²) in [6.07, 6.45) is 5.81. The third kappa shape index (κ3) is 6.44. The van der Waals surface area contributed by atoms with Gasteiger partial charge >= 0.3 is 0 Å². The van der Waals surface area contributed by atoms with E-state index in [0.29, 0.717) is 43.2 Å². The van der Waals surface area contributed by atoms with Gasteiger partial charge in [0.2, 0.25) is 5.91 Å². The molecular formula is C31H29ClN4O3. The van der Waals surface area contributed by atoms with Crippen molar-refractivity contribution >= 4 is 23.4 Å². The Hall–Kier alpha value is -4.23. The first-order valence-electron chi connectivity index (χ1n) is 12.8. The Balaban J connectivity index is 1.45. The van der Waals surface area contributed by atoms with Gasteiger partial charge in [-0.15, -0.1) is 0 Å². The van der Waals surface area contributed by atoms with E-state index in [2.05, 4.69) is 16.0 Å². The topological polar surface area (TPSA) is 75.6 Å². The normalized spacial score (nSPS) is 14.3. The monoisotopic (exact) mass is 540 g/mol. The average molecular weight is 541 g/mol. The molecule has 0 aliphatic carbocycles. The van der Waals surface area contributed by atoms with Crippen LogP contribution in [0.4, 0.5) is 0 Å². The molecule has 0 radical (unpaired) electrons. The molecule has 0 saturated carbocycles. The van der Waals surface area contributed by atoms with Crippen LogP contribution in [0.25, 0.3) is 11.1 Å². The number of carbonyl (C=O) groups excluding carboxylic acids is 2. The molecule has 5 rings (SSSR count). The number of carbonyl (C=O) groups is 2. The summed E-state index contributed by atoms with van der Waals surface area (Å²) >= 11 is 6.32. The molecule has 1 aliphatic rings. The van der Waals surface area contributed by atoms with Crippen molar-refractivity contribution in [1.82, 2.24) is 19.8 Å². The van der Waals surface area contributed by atoms with Gasteiger partial charge in [0.15, 0.2) is 0 Å². The molecule has 198 valence electrons. The van der Waals surface area contributed by atoms with Gasteiger partial charge in [-0.3, -0.25) is 9.59 Å². The fourth-order valence-electron chi connectivity index (χ4n) is 4.66. The number of benzene rings is 3. The Morgan fingerprint density at radius 1 is 0.923 bits per heavy atom. The molecule has 2 amide bonds. The zero-order valence-electron chi connectivity index (χ0n) is 21.7. The Morgan fingerprint density at radius 2 is 1.74 bits per heavy atom. The number of aromatic nitrogens is 2. The third-order valence-corrected chi connectivity index (χ3v) is 7.21. The molecule has 3 aromatic carbocycles. The maximum atomic E-state index is 13.3. The van der Waals surface area contributed by atoms with E-state index in [-0.39, 0.29) is 18.2 Å². The standard InChI is InChI=1S/C31H29ClN4O3/c1-35-11-12-36(30(37)18-24-6-2-3-8-28(24)32)13-14-39-29-10-9-23(27-19-33-21-34-20-27)17-26(29)16-22-5-4-7-25(15-22)31(35)38/h2-10,15,17,19-21H,11-14,16,18H2,1H3. The molecule has 0 unspecified atom stereocenters. The molecule has 7 nitrogen and oxygen atoms in total. The maximum absolute atomic E-state index is 13.3. The van der Waals surface area contributed by atoms with Crippen molar-refractivity contribution in [3.63, 3.8) is 0 Å². The van der Waals surface area contributed by atoms with Crippen molar-refractivity contribution in [3.8, 4) is 16.9 Å². The lowest BCUT2D eigenvalue weighted by atomic mass is 9.98. The van der Waals surface area contributed by atoms with Crippen molar-refractivity contribution in [2.24, 2.45) is 0 Å². The smallest absolute Gasteiger partial charge is 0.253 e. The molecule has 0 fully saturated rings. The zero-order valence-corrected chi connectivity index (χ0v) is 22.5. The van der Waals surface area contributed by atoms with Crippen molar-refractivity contribution in [2.75, 3.05) is 33.3 Å². The summed E-state index contributed by atoms with van der Waals surface area (Å²) in [5.74, 6) is 0.584. The quantitative estimate of drug-likeness (QED) is 0.368. The number of rotatable bonds is 3. The number of hydrogen-bond donors (Lipinski definition) is 0. The Labute approximate surface area is 233 Å². The van der Waals surface area contributed by atoms with Gasteiger partial charge in [-0.25, -0.2) is 9.97 Å². The first-order valence-corrected chi connectivity index (χ1v) is 13.2. The van der Waals surface area contributed by atoms with E-state index in [1.54, 1.807) is 35.3 Å². The Morgan fingerprint density at radius 3 is 2.56 bits per heavy atom. The second kappa shape index (κ2) is 12.1. The molecule has 0 N–H and O–H groups in total. The van der Waals surface area contributed by atoms with Crippen LogP contribution in [-0.2, 0) is 17.6 Å². The number of halogens is 1. The molecule has 0 atom stereocenters. The van der Waals surface area contributed by atoms with Crippen LogP contribution in [0.1, 0.15) is 27.0 Å². The molecule has 4 aromatic rings. The summed E-state index contributed by atoms with van der Waals surface area (Å²) in [4.78, 5) is 38.3. The highest BCUT2D eigenvalue weighted by Crippen LogP contribution is 2.29. The predicted octanol–water partition coefficient (Wildman–Crippen LogP) is 4.92. The molecule has 1 aliphatic heterocycles. The number of nitrogens with zero attached hydrogens (tertiary/aromatic N) is 4. The first kappa shape index (κ1) is 26.4. The first-order chi connectivity index (χ1) is 19.0. The number of fused-ring (bicyclic) bond motifs is 3. The lowest BCUT2D eigenvalue weighted by Crippen LogP contribution is -2.42. The number of hydrogen-bond acceptors (Lipinski definition) is 5. The van der Waals surface area contributed by atoms with Crippen LogP contribution in [0.3, 0.4) is 0 Å². The highest BCUT2D eigenvalue weighted by atomic mass is 35.5. The van der Waals surface area contributed by atoms with Crippen LogP contribution in [0.2, 0.25) is 5.02 Å². The highest BCUT2D eigenvalue weighted by molar-refractivity contribution is 6.31. The number of likely N-dealkylation sites (N-methyl/N-ethyl adjacent to an activating group) is 1. The fraction of sp³-hybridized carbons (Fsp3) is 0.226. The van der Waals surface area contributed by atoms with E-state index in [0.717, 1.165) is 33.6 Å². The molecule has 0 saturated heterocycles. The van der Waals surface area contributed by atoms with Gasteiger partial charge < -0.3 is 14.5 Å². The van der Waals surface area contributed by atoms with E-state index in [1.165, 1.54) is 6.33 Å². The predicted molar refractivity (Wildman–Crippen MR) is 151 cm³/mol. The summed E-state index contributed by atoms with van der Waals surface area (Å²) in [6, 6.07) is 21.0. The van der Waals surface area contributed by atoms with E-state index < -0.39 is 0 Å². The minimum absolute atomic E-state index is 0.0683. The second-order valence-corrected chi connectivity index (χ2v) is 9.96. The van der Waals surface area contributed by atoms with Gasteiger partial charge in [0.05, 0.1) is 13.0 Å². The molecule has 0 spiro atoms. The van der Waals surface area contributed by atoms with Gasteiger partial charge in [-0.2, -0.15) is 0 Å². The number of ether oxygens (including phenoxy) is 1. The fourth-order valence-corrected chi connectivity index (χ4v) is 4.86. The van der Waals surface area contributed by atoms with Crippen LogP contribution < -0.4 is 4.74 Å². The molecule has 1 aromatic heterocycles. The van der Waals surface area contributed by atoms with Crippen molar-refractivity contribution in [2.45, 2.75) is 12.8 Å². The van der Waals surface area contributed by atoms with Crippen molar-refractivity contribution < 1.29 is 14.3 Å². The van der Waals surface area contributed by atoms with E-state index in [4.69, 9.17) is 16.3 Å².